The van der Waals surface area contributed by atoms with E-state index in [4.69, 9.17) is 10.6 Å². The third kappa shape index (κ3) is 5.41. The molecule has 0 saturated carbocycles. The number of piperazine rings is 1. The van der Waals surface area contributed by atoms with E-state index in [1.54, 1.807) is 0 Å². The van der Waals surface area contributed by atoms with Crippen LogP contribution in [0.15, 0.2) is 24.3 Å². The molecule has 1 aliphatic rings. The van der Waals surface area contributed by atoms with Gasteiger partial charge in [0.2, 0.25) is 0 Å². The van der Waals surface area contributed by atoms with Gasteiger partial charge in [-0.25, -0.2) is 9.80 Å². The number of amides is 1. The van der Waals surface area contributed by atoms with Crippen molar-refractivity contribution in [1.82, 2.24) is 10.3 Å². The van der Waals surface area contributed by atoms with Crippen molar-refractivity contribution in [3.05, 3.63) is 29.8 Å². The van der Waals surface area contributed by atoms with Gasteiger partial charge in [-0.1, -0.05) is 12.1 Å². The van der Waals surface area contributed by atoms with Crippen molar-refractivity contribution >= 4 is 11.8 Å². The Kier molecular flexibility index (Phi) is 5.49. The first-order chi connectivity index (χ1) is 10.7. The molecule has 6 nitrogen and oxygen atoms in total. The molecule has 0 bridgehead atoms. The van der Waals surface area contributed by atoms with Crippen LogP contribution >= 0.6 is 0 Å². The van der Waals surface area contributed by atoms with Gasteiger partial charge in [0, 0.05) is 31.9 Å². The third-order valence-corrected chi connectivity index (χ3v) is 3.81. The largest absolute Gasteiger partial charge is 0.444 e. The number of nitrogens with zero attached hydrogens (tertiary/aromatic N) is 2. The molecule has 1 saturated heterocycles. The number of hydrogen-bond donors (Lipinski definition) is 2. The number of ether oxygens (including phenoxy) is 1. The van der Waals surface area contributed by atoms with Gasteiger partial charge in [-0.3, -0.25) is 5.84 Å². The summed E-state index contributed by atoms with van der Waals surface area (Å²) in [7, 11) is 0. The van der Waals surface area contributed by atoms with Gasteiger partial charge < -0.3 is 15.0 Å². The Balaban J connectivity index is 1.92. The third-order valence-electron chi connectivity index (χ3n) is 3.81. The van der Waals surface area contributed by atoms with E-state index >= 15 is 0 Å². The lowest BCUT2D eigenvalue weighted by molar-refractivity contribution is 0.0508. The van der Waals surface area contributed by atoms with Crippen molar-refractivity contribution in [3.63, 3.8) is 0 Å². The molecule has 23 heavy (non-hydrogen) atoms. The molecule has 1 aromatic carbocycles. The Bertz CT molecular complexity index is 516. The number of alkyl carbamates (subject to hydrolysis) is 1. The smallest absolute Gasteiger partial charge is 0.408 e. The predicted octanol–water partition coefficient (Wildman–Crippen LogP) is 2.27. The Hall–Kier alpha value is -1.79. The molecule has 1 aromatic rings. The fourth-order valence-electron chi connectivity index (χ4n) is 2.52. The molecule has 0 aromatic heterocycles. The summed E-state index contributed by atoms with van der Waals surface area (Å²) >= 11 is 0. The molecule has 2 rings (SSSR count). The van der Waals surface area contributed by atoms with E-state index in [-0.39, 0.29) is 6.04 Å². The topological polar surface area (TPSA) is 70.8 Å². The highest BCUT2D eigenvalue weighted by atomic mass is 16.6. The van der Waals surface area contributed by atoms with Crippen molar-refractivity contribution in [3.8, 4) is 0 Å². The molecule has 1 aliphatic heterocycles. The Morgan fingerprint density at radius 3 is 2.26 bits per heavy atom. The zero-order valence-electron chi connectivity index (χ0n) is 14.5. The Morgan fingerprint density at radius 2 is 1.74 bits per heavy atom. The molecule has 0 aliphatic carbocycles. The summed E-state index contributed by atoms with van der Waals surface area (Å²) < 4.78 is 5.28. The molecular formula is C17H28N4O2. The number of carbonyl (C=O) groups excluding carboxylic acids is 1. The van der Waals surface area contributed by atoms with Crippen molar-refractivity contribution in [2.24, 2.45) is 5.84 Å². The van der Waals surface area contributed by atoms with Crippen LogP contribution in [-0.2, 0) is 4.74 Å². The lowest BCUT2D eigenvalue weighted by atomic mass is 10.1. The first-order valence-corrected chi connectivity index (χ1v) is 8.09. The highest BCUT2D eigenvalue weighted by molar-refractivity contribution is 5.68. The van der Waals surface area contributed by atoms with Crippen molar-refractivity contribution in [1.29, 1.82) is 0 Å². The Labute approximate surface area is 138 Å². The summed E-state index contributed by atoms with van der Waals surface area (Å²) in [5, 5.41) is 4.70. The SMILES string of the molecule is C[C@H](NC(=O)OC(C)(C)C)c1ccc(N2CCN(N)CC2)cc1. The molecule has 1 amide bonds. The second-order valence-corrected chi connectivity index (χ2v) is 6.98. The second kappa shape index (κ2) is 7.19. The lowest BCUT2D eigenvalue weighted by Gasteiger charge is -2.33. The van der Waals surface area contributed by atoms with E-state index in [1.165, 1.54) is 5.69 Å². The standard InChI is InChI=1S/C17H28N4O2/c1-13(19-16(22)23-17(2,3)4)14-5-7-15(8-6-14)20-9-11-21(18)12-10-20/h5-8,13H,9-12,18H2,1-4H3,(H,19,22)/t13-/m0/s1. The highest BCUT2D eigenvalue weighted by Gasteiger charge is 2.19. The molecule has 1 atom stereocenters. The highest BCUT2D eigenvalue weighted by Crippen LogP contribution is 2.20. The summed E-state index contributed by atoms with van der Waals surface area (Å²) in [4.78, 5) is 14.1. The molecule has 3 N–H and O–H groups in total. The molecule has 1 heterocycles. The van der Waals surface area contributed by atoms with Crippen LogP contribution in [0.5, 0.6) is 0 Å². The fraction of sp³-hybridized carbons (Fsp3) is 0.588. The first kappa shape index (κ1) is 17.6. The van der Waals surface area contributed by atoms with Crippen LogP contribution in [0.4, 0.5) is 10.5 Å². The zero-order chi connectivity index (χ0) is 17.0. The van der Waals surface area contributed by atoms with Crippen LogP contribution in [-0.4, -0.2) is 42.9 Å². The zero-order valence-corrected chi connectivity index (χ0v) is 14.5. The average Bonchev–Trinajstić information content (AvgIpc) is 2.46. The number of nitrogens with one attached hydrogen (secondary N) is 1. The number of carbonyl (C=O) groups is 1. The number of anilines is 1. The van der Waals surface area contributed by atoms with Gasteiger partial charge in [0.1, 0.15) is 5.60 Å². The van der Waals surface area contributed by atoms with Crippen molar-refractivity contribution in [2.75, 3.05) is 31.1 Å². The monoisotopic (exact) mass is 320 g/mol. The van der Waals surface area contributed by atoms with Crippen molar-refractivity contribution < 1.29 is 9.53 Å². The van der Waals surface area contributed by atoms with Crippen LogP contribution < -0.4 is 16.1 Å². The van der Waals surface area contributed by atoms with Gasteiger partial charge in [-0.2, -0.15) is 0 Å². The minimum Gasteiger partial charge on any atom is -0.444 e. The number of hydrogen-bond acceptors (Lipinski definition) is 5. The van der Waals surface area contributed by atoms with E-state index < -0.39 is 11.7 Å². The van der Waals surface area contributed by atoms with E-state index in [9.17, 15) is 4.79 Å². The number of benzene rings is 1. The molecule has 6 heteroatoms. The Morgan fingerprint density at radius 1 is 1.17 bits per heavy atom. The van der Waals surface area contributed by atoms with E-state index in [2.05, 4.69) is 22.3 Å². The van der Waals surface area contributed by atoms with Gasteiger partial charge in [-0.05, 0) is 45.4 Å². The van der Waals surface area contributed by atoms with Gasteiger partial charge >= 0.3 is 6.09 Å². The second-order valence-electron chi connectivity index (χ2n) is 6.98. The van der Waals surface area contributed by atoms with Crippen LogP contribution in [0, 0.1) is 0 Å². The molecule has 0 radical (unpaired) electrons. The van der Waals surface area contributed by atoms with Gasteiger partial charge in [0.05, 0.1) is 6.04 Å². The maximum atomic E-state index is 11.8. The molecule has 128 valence electrons. The van der Waals surface area contributed by atoms with Crippen LogP contribution in [0.3, 0.4) is 0 Å². The molecular weight excluding hydrogens is 292 g/mol. The van der Waals surface area contributed by atoms with Crippen LogP contribution in [0.1, 0.15) is 39.3 Å². The molecule has 0 spiro atoms. The summed E-state index contributed by atoms with van der Waals surface area (Å²) in [6.07, 6.45) is -0.395. The maximum absolute atomic E-state index is 11.8. The summed E-state index contributed by atoms with van der Waals surface area (Å²) in [6.45, 7) is 11.1. The normalized spacial score (nSPS) is 17.7. The van der Waals surface area contributed by atoms with Crippen molar-refractivity contribution in [2.45, 2.75) is 39.3 Å². The van der Waals surface area contributed by atoms with E-state index in [0.29, 0.717) is 0 Å². The number of rotatable bonds is 3. The lowest BCUT2D eigenvalue weighted by Crippen LogP contribution is -2.49. The van der Waals surface area contributed by atoms with Gasteiger partial charge in [-0.15, -0.1) is 0 Å². The molecule has 1 fully saturated rings. The van der Waals surface area contributed by atoms with Crippen LogP contribution in [0.2, 0.25) is 0 Å². The van der Waals surface area contributed by atoms with Crippen LogP contribution in [0.25, 0.3) is 0 Å². The predicted molar refractivity (Wildman–Crippen MR) is 92.2 cm³/mol. The molecule has 0 unspecified atom stereocenters. The minimum absolute atomic E-state index is 0.0974. The van der Waals surface area contributed by atoms with E-state index in [1.807, 2.05) is 44.8 Å². The average molecular weight is 320 g/mol. The summed E-state index contributed by atoms with van der Waals surface area (Å²) in [6, 6.07) is 8.18. The maximum Gasteiger partial charge on any atom is 0.408 e. The van der Waals surface area contributed by atoms with Gasteiger partial charge in [0.25, 0.3) is 0 Å². The fourth-order valence-corrected chi connectivity index (χ4v) is 2.52. The quantitative estimate of drug-likeness (QED) is 0.836. The summed E-state index contributed by atoms with van der Waals surface area (Å²) in [5.41, 5.74) is 1.75. The first-order valence-electron chi connectivity index (χ1n) is 8.09. The number of nitrogens with two attached hydrogens (primary N) is 1. The van der Waals surface area contributed by atoms with E-state index in [0.717, 1.165) is 31.7 Å². The summed E-state index contributed by atoms with van der Waals surface area (Å²) in [5.74, 6) is 5.78. The van der Waals surface area contributed by atoms with Gasteiger partial charge in [0.15, 0.2) is 0 Å². The minimum atomic E-state index is -0.487. The number of hydrazine groups is 1.